The Hall–Kier alpha value is -0.900. The SMILES string of the molecule is C=CCCn1cc(/C=C/Br)nn1. The van der Waals surface area contributed by atoms with Gasteiger partial charge in [-0.15, -0.1) is 11.7 Å². The highest BCUT2D eigenvalue weighted by molar-refractivity contribution is 9.11. The highest BCUT2D eigenvalue weighted by atomic mass is 79.9. The molecule has 0 bridgehead atoms. The highest BCUT2D eigenvalue weighted by Gasteiger charge is 1.94. The van der Waals surface area contributed by atoms with Crippen molar-refractivity contribution in [1.29, 1.82) is 0 Å². The number of hydrogen-bond donors (Lipinski definition) is 0. The maximum atomic E-state index is 3.92. The van der Waals surface area contributed by atoms with Crippen molar-refractivity contribution >= 4 is 22.0 Å². The van der Waals surface area contributed by atoms with Gasteiger partial charge in [0.1, 0.15) is 5.69 Å². The topological polar surface area (TPSA) is 30.7 Å². The first-order valence-electron chi connectivity index (χ1n) is 3.64. The Morgan fingerprint density at radius 3 is 3.17 bits per heavy atom. The summed E-state index contributed by atoms with van der Waals surface area (Å²) in [7, 11) is 0. The van der Waals surface area contributed by atoms with Gasteiger partial charge < -0.3 is 0 Å². The van der Waals surface area contributed by atoms with Crippen molar-refractivity contribution in [1.82, 2.24) is 15.0 Å². The molecule has 0 aliphatic carbocycles. The number of rotatable bonds is 4. The van der Waals surface area contributed by atoms with E-state index in [-0.39, 0.29) is 0 Å². The third-order valence-corrected chi connectivity index (χ3v) is 1.62. The quantitative estimate of drug-likeness (QED) is 0.739. The van der Waals surface area contributed by atoms with Crippen LogP contribution in [0.5, 0.6) is 0 Å². The van der Waals surface area contributed by atoms with Gasteiger partial charge >= 0.3 is 0 Å². The van der Waals surface area contributed by atoms with Gasteiger partial charge in [0.2, 0.25) is 0 Å². The molecule has 12 heavy (non-hydrogen) atoms. The van der Waals surface area contributed by atoms with Gasteiger partial charge in [0.05, 0.1) is 6.20 Å². The molecule has 0 radical (unpaired) electrons. The minimum atomic E-state index is 0.840. The van der Waals surface area contributed by atoms with Crippen LogP contribution < -0.4 is 0 Å². The third kappa shape index (κ3) is 2.62. The molecule has 0 N–H and O–H groups in total. The number of nitrogens with zero attached hydrogens (tertiary/aromatic N) is 3. The first-order valence-corrected chi connectivity index (χ1v) is 4.56. The molecule has 0 saturated heterocycles. The largest absolute Gasteiger partial charge is 0.252 e. The molecule has 1 aromatic heterocycles. The first-order chi connectivity index (χ1) is 5.86. The minimum absolute atomic E-state index is 0.840. The zero-order valence-electron chi connectivity index (χ0n) is 6.65. The highest BCUT2D eigenvalue weighted by Crippen LogP contribution is 1.99. The lowest BCUT2D eigenvalue weighted by Gasteiger charge is -1.92. The monoisotopic (exact) mass is 227 g/mol. The lowest BCUT2D eigenvalue weighted by molar-refractivity contribution is 0.597. The van der Waals surface area contributed by atoms with Gasteiger partial charge in [-0.25, -0.2) is 0 Å². The fraction of sp³-hybridized carbons (Fsp3) is 0.250. The molecule has 0 aliphatic rings. The van der Waals surface area contributed by atoms with E-state index in [0.717, 1.165) is 18.7 Å². The van der Waals surface area contributed by atoms with Crippen molar-refractivity contribution in [2.45, 2.75) is 13.0 Å². The van der Waals surface area contributed by atoms with Gasteiger partial charge in [0.15, 0.2) is 0 Å². The summed E-state index contributed by atoms with van der Waals surface area (Å²) in [6.45, 7) is 4.48. The molecular weight excluding hydrogens is 218 g/mol. The van der Waals surface area contributed by atoms with E-state index in [1.165, 1.54) is 0 Å². The number of hydrogen-bond acceptors (Lipinski definition) is 2. The van der Waals surface area contributed by atoms with E-state index < -0.39 is 0 Å². The van der Waals surface area contributed by atoms with Crippen LogP contribution in [0.4, 0.5) is 0 Å². The summed E-state index contributed by atoms with van der Waals surface area (Å²) in [5.41, 5.74) is 0.857. The van der Waals surface area contributed by atoms with Crippen LogP contribution in [0.25, 0.3) is 6.08 Å². The Morgan fingerprint density at radius 2 is 2.50 bits per heavy atom. The second-order valence-electron chi connectivity index (χ2n) is 2.28. The first kappa shape index (κ1) is 9.19. The summed E-state index contributed by atoms with van der Waals surface area (Å²) in [4.78, 5) is 1.76. The predicted molar refractivity (Wildman–Crippen MR) is 52.8 cm³/mol. The maximum absolute atomic E-state index is 3.92. The van der Waals surface area contributed by atoms with Crippen LogP contribution in [0.15, 0.2) is 23.8 Å². The smallest absolute Gasteiger partial charge is 0.106 e. The zero-order chi connectivity index (χ0) is 8.81. The van der Waals surface area contributed by atoms with Gasteiger partial charge in [-0.2, -0.15) is 0 Å². The fourth-order valence-corrected chi connectivity index (χ4v) is 1.06. The Bertz CT molecular complexity index is 278. The fourth-order valence-electron chi connectivity index (χ4n) is 0.787. The molecule has 0 fully saturated rings. The van der Waals surface area contributed by atoms with Crippen LogP contribution in [-0.4, -0.2) is 15.0 Å². The standard InChI is InChI=1S/C8H10BrN3/c1-2-3-6-12-7-8(4-5-9)10-11-12/h2,4-5,7H,1,3,6H2/b5-4+. The molecule has 4 heteroatoms. The third-order valence-electron chi connectivity index (χ3n) is 1.35. The van der Waals surface area contributed by atoms with Crippen LogP contribution in [0.3, 0.4) is 0 Å². The second-order valence-corrected chi connectivity index (χ2v) is 2.81. The average Bonchev–Trinajstić information content (AvgIpc) is 2.50. The summed E-state index contributed by atoms with van der Waals surface area (Å²) in [5, 5.41) is 7.84. The van der Waals surface area contributed by atoms with Crippen LogP contribution >= 0.6 is 15.9 Å². The minimum Gasteiger partial charge on any atom is -0.252 e. The van der Waals surface area contributed by atoms with Crippen molar-refractivity contribution in [2.75, 3.05) is 0 Å². The Balaban J connectivity index is 2.57. The van der Waals surface area contributed by atoms with Crippen LogP contribution in [0.2, 0.25) is 0 Å². The van der Waals surface area contributed by atoms with Crippen LogP contribution in [0, 0.1) is 0 Å². The Kier molecular flexibility index (Phi) is 3.73. The van der Waals surface area contributed by atoms with E-state index in [2.05, 4.69) is 32.8 Å². The number of aromatic nitrogens is 3. The number of halogens is 1. The molecule has 0 saturated carbocycles. The maximum Gasteiger partial charge on any atom is 0.106 e. The van der Waals surface area contributed by atoms with Crippen molar-refractivity contribution in [3.63, 3.8) is 0 Å². The van der Waals surface area contributed by atoms with Gasteiger partial charge in [0.25, 0.3) is 0 Å². The number of allylic oxidation sites excluding steroid dienone is 1. The second kappa shape index (κ2) is 4.87. The lowest BCUT2D eigenvalue weighted by Crippen LogP contribution is -1.96. The van der Waals surface area contributed by atoms with Crippen LogP contribution in [-0.2, 0) is 6.54 Å². The van der Waals surface area contributed by atoms with E-state index in [4.69, 9.17) is 0 Å². The molecule has 1 heterocycles. The number of aryl methyl sites for hydroxylation is 1. The van der Waals surface area contributed by atoms with E-state index in [1.807, 2.05) is 18.3 Å². The molecule has 0 aromatic carbocycles. The molecular formula is C8H10BrN3. The summed E-state index contributed by atoms with van der Waals surface area (Å²) in [5.74, 6) is 0. The van der Waals surface area contributed by atoms with Crippen molar-refractivity contribution in [3.05, 3.63) is 29.5 Å². The van der Waals surface area contributed by atoms with Gasteiger partial charge in [0, 0.05) is 6.54 Å². The Labute approximate surface area is 79.9 Å². The van der Waals surface area contributed by atoms with Crippen molar-refractivity contribution in [3.8, 4) is 0 Å². The summed E-state index contributed by atoms with van der Waals surface area (Å²) < 4.78 is 1.80. The van der Waals surface area contributed by atoms with E-state index >= 15 is 0 Å². The molecule has 0 amide bonds. The molecule has 3 nitrogen and oxygen atoms in total. The molecule has 0 spiro atoms. The molecule has 64 valence electrons. The normalized spacial score (nSPS) is 10.8. The molecule has 0 aliphatic heterocycles. The molecule has 0 atom stereocenters. The van der Waals surface area contributed by atoms with Crippen molar-refractivity contribution in [2.24, 2.45) is 0 Å². The molecule has 1 aromatic rings. The van der Waals surface area contributed by atoms with Crippen molar-refractivity contribution < 1.29 is 0 Å². The summed E-state index contributed by atoms with van der Waals surface area (Å²) in [6, 6.07) is 0. The summed E-state index contributed by atoms with van der Waals surface area (Å²) >= 11 is 3.17. The van der Waals surface area contributed by atoms with E-state index in [1.54, 1.807) is 9.67 Å². The lowest BCUT2D eigenvalue weighted by atomic mass is 10.4. The zero-order valence-corrected chi connectivity index (χ0v) is 8.24. The molecule has 0 unspecified atom stereocenters. The van der Waals surface area contributed by atoms with Gasteiger partial charge in [-0.1, -0.05) is 27.2 Å². The van der Waals surface area contributed by atoms with E-state index in [9.17, 15) is 0 Å². The van der Waals surface area contributed by atoms with Gasteiger partial charge in [-0.05, 0) is 17.5 Å². The average molecular weight is 228 g/mol. The summed E-state index contributed by atoms with van der Waals surface area (Å²) in [6.07, 6.45) is 6.52. The predicted octanol–water partition coefficient (Wildman–Crippen LogP) is 2.22. The Morgan fingerprint density at radius 1 is 1.67 bits per heavy atom. The van der Waals surface area contributed by atoms with Gasteiger partial charge in [-0.3, -0.25) is 4.68 Å². The van der Waals surface area contributed by atoms with Crippen LogP contribution in [0.1, 0.15) is 12.1 Å². The molecule has 1 rings (SSSR count). The van der Waals surface area contributed by atoms with E-state index in [0.29, 0.717) is 0 Å².